The maximum atomic E-state index is 12.6. The van der Waals surface area contributed by atoms with Crippen LogP contribution in [0.2, 0.25) is 0 Å². The molecule has 2 fully saturated rings. The summed E-state index contributed by atoms with van der Waals surface area (Å²) < 4.78 is 1.38. The molecule has 3 unspecified atom stereocenters. The van der Waals surface area contributed by atoms with Crippen molar-refractivity contribution in [2.75, 3.05) is 5.32 Å². The molecule has 2 aliphatic carbocycles. The number of aromatic nitrogens is 2. The van der Waals surface area contributed by atoms with E-state index in [9.17, 15) is 14.7 Å². The third kappa shape index (κ3) is 3.32. The highest BCUT2D eigenvalue weighted by Gasteiger charge is 2.35. The van der Waals surface area contributed by atoms with Crippen molar-refractivity contribution in [1.82, 2.24) is 9.78 Å². The van der Waals surface area contributed by atoms with Gasteiger partial charge in [0.05, 0.1) is 11.9 Å². The number of nitrogens with one attached hydrogen (secondary N) is 1. The summed E-state index contributed by atoms with van der Waals surface area (Å²) in [5, 5.41) is 16.3. The van der Waals surface area contributed by atoms with E-state index in [0.717, 1.165) is 25.2 Å². The van der Waals surface area contributed by atoms with Gasteiger partial charge in [0, 0.05) is 12.1 Å². The number of hydrogen-bond donors (Lipinski definition) is 2. The molecule has 3 rings (SSSR count). The minimum Gasteiger partial charge on any atom is -0.479 e. The van der Waals surface area contributed by atoms with Gasteiger partial charge in [0.25, 0.3) is 0 Å². The van der Waals surface area contributed by atoms with E-state index in [0.29, 0.717) is 11.6 Å². The van der Waals surface area contributed by atoms with Gasteiger partial charge in [-0.15, -0.1) is 0 Å². The van der Waals surface area contributed by atoms with Crippen LogP contribution in [-0.2, 0) is 15.1 Å². The number of anilines is 1. The smallest absolute Gasteiger partial charge is 0.331 e. The van der Waals surface area contributed by atoms with E-state index in [2.05, 4.69) is 10.4 Å². The van der Waals surface area contributed by atoms with Crippen molar-refractivity contribution >= 4 is 17.6 Å². The number of carbonyl (C=O) groups is 2. The topological polar surface area (TPSA) is 84.2 Å². The molecule has 3 atom stereocenters. The van der Waals surface area contributed by atoms with Gasteiger partial charge in [0.2, 0.25) is 5.91 Å². The van der Waals surface area contributed by atoms with Crippen LogP contribution in [0.1, 0.15) is 58.8 Å². The molecule has 1 aromatic heterocycles. The fraction of sp³-hybridized carbons (Fsp3) is 0.722. The molecule has 2 aliphatic rings. The molecule has 6 heteroatoms. The summed E-state index contributed by atoms with van der Waals surface area (Å²) in [5.74, 6) is 0.685. The molecule has 132 valence electrons. The van der Waals surface area contributed by atoms with Crippen LogP contribution in [0.3, 0.4) is 0 Å². The Labute approximate surface area is 142 Å². The number of carbonyl (C=O) groups excluding carboxylic acids is 1. The van der Waals surface area contributed by atoms with Crippen LogP contribution < -0.4 is 5.32 Å². The molecule has 0 aliphatic heterocycles. The average molecular weight is 333 g/mol. The van der Waals surface area contributed by atoms with Crippen molar-refractivity contribution < 1.29 is 14.7 Å². The van der Waals surface area contributed by atoms with E-state index in [1.54, 1.807) is 20.0 Å². The van der Waals surface area contributed by atoms with Crippen LogP contribution in [0.15, 0.2) is 12.4 Å². The minimum absolute atomic E-state index is 0.0479. The fourth-order valence-electron chi connectivity index (χ4n) is 4.15. The summed E-state index contributed by atoms with van der Waals surface area (Å²) in [6, 6.07) is 0. The lowest BCUT2D eigenvalue weighted by Crippen LogP contribution is -2.36. The summed E-state index contributed by atoms with van der Waals surface area (Å²) in [6.07, 6.45) is 11.5. The lowest BCUT2D eigenvalue weighted by molar-refractivity contribution is -0.146. The van der Waals surface area contributed by atoms with Gasteiger partial charge < -0.3 is 10.4 Å². The maximum Gasteiger partial charge on any atom is 0.331 e. The monoisotopic (exact) mass is 333 g/mol. The molecule has 6 nitrogen and oxygen atoms in total. The Morgan fingerprint density at radius 2 is 1.92 bits per heavy atom. The van der Waals surface area contributed by atoms with Crippen LogP contribution >= 0.6 is 0 Å². The van der Waals surface area contributed by atoms with Gasteiger partial charge in [0.1, 0.15) is 0 Å². The predicted molar refractivity (Wildman–Crippen MR) is 90.6 cm³/mol. The Balaban J connectivity index is 1.61. The van der Waals surface area contributed by atoms with Crippen molar-refractivity contribution in [3.63, 3.8) is 0 Å². The summed E-state index contributed by atoms with van der Waals surface area (Å²) in [5.41, 5.74) is -0.566. The first-order valence-corrected chi connectivity index (χ1v) is 8.97. The highest BCUT2D eigenvalue weighted by molar-refractivity contribution is 5.92. The SMILES string of the molecule is CC(C)(C(=O)O)n1cc(NC(=O)C2CCC3CCCCC3C2)cn1. The molecule has 2 saturated carbocycles. The van der Waals surface area contributed by atoms with Gasteiger partial charge >= 0.3 is 5.97 Å². The number of aliphatic carboxylic acids is 1. The van der Waals surface area contributed by atoms with Gasteiger partial charge in [-0.25, -0.2) is 4.79 Å². The normalized spacial score (nSPS) is 27.3. The lowest BCUT2D eigenvalue weighted by atomic mass is 9.67. The van der Waals surface area contributed by atoms with Crippen molar-refractivity contribution in [3.8, 4) is 0 Å². The standard InChI is InChI=1S/C18H27N3O3/c1-18(2,17(23)24)21-11-15(10-19-21)20-16(22)14-8-7-12-5-3-4-6-13(12)9-14/h10-14H,3-9H2,1-2H3,(H,20,22)(H,23,24). The van der Waals surface area contributed by atoms with E-state index in [1.807, 2.05) is 0 Å². The average Bonchev–Trinajstić information content (AvgIpc) is 3.03. The molecular weight excluding hydrogens is 306 g/mol. The molecule has 0 radical (unpaired) electrons. The molecule has 1 amide bonds. The summed E-state index contributed by atoms with van der Waals surface area (Å²) in [7, 11) is 0. The molecule has 0 aromatic carbocycles. The third-order valence-electron chi connectivity index (χ3n) is 5.86. The first kappa shape index (κ1) is 17.0. The van der Waals surface area contributed by atoms with E-state index in [-0.39, 0.29) is 11.8 Å². The Kier molecular flexibility index (Phi) is 4.65. The number of carboxylic acids is 1. The maximum absolute atomic E-state index is 12.6. The predicted octanol–water partition coefficient (Wildman–Crippen LogP) is 3.25. The number of hydrogen-bond acceptors (Lipinski definition) is 3. The van der Waals surface area contributed by atoms with Crippen molar-refractivity contribution in [2.24, 2.45) is 17.8 Å². The number of fused-ring (bicyclic) bond motifs is 1. The number of carboxylic acid groups (broad SMARTS) is 1. The van der Waals surface area contributed by atoms with Crippen molar-refractivity contribution in [2.45, 2.75) is 64.3 Å². The highest BCUT2D eigenvalue weighted by Crippen LogP contribution is 2.42. The number of rotatable bonds is 4. The molecule has 0 spiro atoms. The van der Waals surface area contributed by atoms with Crippen LogP contribution in [0.25, 0.3) is 0 Å². The van der Waals surface area contributed by atoms with E-state index >= 15 is 0 Å². The Hall–Kier alpha value is -1.85. The summed E-state index contributed by atoms with van der Waals surface area (Å²) in [4.78, 5) is 23.9. The van der Waals surface area contributed by atoms with E-state index in [1.165, 1.54) is 36.6 Å². The Morgan fingerprint density at radius 3 is 2.62 bits per heavy atom. The van der Waals surface area contributed by atoms with Crippen molar-refractivity contribution in [3.05, 3.63) is 12.4 Å². The molecule has 1 aromatic rings. The number of amides is 1. The number of nitrogens with zero attached hydrogens (tertiary/aromatic N) is 2. The Bertz CT molecular complexity index is 623. The lowest BCUT2D eigenvalue weighted by Gasteiger charge is -2.38. The summed E-state index contributed by atoms with van der Waals surface area (Å²) in [6.45, 7) is 3.16. The largest absolute Gasteiger partial charge is 0.479 e. The van der Waals surface area contributed by atoms with Crippen LogP contribution in [0, 0.1) is 17.8 Å². The molecule has 1 heterocycles. The zero-order valence-corrected chi connectivity index (χ0v) is 14.5. The van der Waals surface area contributed by atoms with Gasteiger partial charge in [0.15, 0.2) is 5.54 Å². The zero-order chi connectivity index (χ0) is 17.3. The molecule has 0 saturated heterocycles. The minimum atomic E-state index is -1.14. The van der Waals surface area contributed by atoms with E-state index in [4.69, 9.17) is 0 Å². The Morgan fingerprint density at radius 1 is 1.21 bits per heavy atom. The van der Waals surface area contributed by atoms with Gasteiger partial charge in [-0.1, -0.05) is 25.7 Å². The van der Waals surface area contributed by atoms with Crippen LogP contribution in [0.4, 0.5) is 5.69 Å². The van der Waals surface area contributed by atoms with Crippen LogP contribution in [0.5, 0.6) is 0 Å². The first-order valence-electron chi connectivity index (χ1n) is 8.97. The third-order valence-corrected chi connectivity index (χ3v) is 5.86. The first-order chi connectivity index (χ1) is 11.4. The molecule has 24 heavy (non-hydrogen) atoms. The quantitative estimate of drug-likeness (QED) is 0.886. The zero-order valence-electron chi connectivity index (χ0n) is 14.5. The summed E-state index contributed by atoms with van der Waals surface area (Å²) >= 11 is 0. The van der Waals surface area contributed by atoms with Crippen molar-refractivity contribution in [1.29, 1.82) is 0 Å². The fourth-order valence-corrected chi connectivity index (χ4v) is 4.15. The second-order valence-electron chi connectivity index (χ2n) is 7.84. The van der Waals surface area contributed by atoms with Gasteiger partial charge in [-0.2, -0.15) is 5.10 Å². The molecular formula is C18H27N3O3. The van der Waals surface area contributed by atoms with Gasteiger partial charge in [-0.3, -0.25) is 9.48 Å². The molecule has 2 N–H and O–H groups in total. The second kappa shape index (κ2) is 6.57. The van der Waals surface area contributed by atoms with Gasteiger partial charge in [-0.05, 0) is 44.9 Å². The van der Waals surface area contributed by atoms with E-state index < -0.39 is 11.5 Å². The second-order valence-corrected chi connectivity index (χ2v) is 7.84. The van der Waals surface area contributed by atoms with Crippen LogP contribution in [-0.4, -0.2) is 26.8 Å². The molecule has 0 bridgehead atoms. The highest BCUT2D eigenvalue weighted by atomic mass is 16.4.